The molecule has 0 aliphatic carbocycles. The standard InChI is InChI=1S/C12H20N4O/c1-8(2)12-14-10(13)6-11(15-12)16(3)9-4-5-17-7-9/h6,8-9H,4-5,7H2,1-3H3,(H2,13,14,15). The van der Waals surface area contributed by atoms with Crippen molar-refractivity contribution in [3.05, 3.63) is 11.9 Å². The molecule has 1 unspecified atom stereocenters. The summed E-state index contributed by atoms with van der Waals surface area (Å²) in [6, 6.07) is 2.22. The van der Waals surface area contributed by atoms with Crippen LogP contribution >= 0.6 is 0 Å². The van der Waals surface area contributed by atoms with E-state index in [-0.39, 0.29) is 5.92 Å². The quantitative estimate of drug-likeness (QED) is 0.859. The van der Waals surface area contributed by atoms with Gasteiger partial charge in [-0.15, -0.1) is 0 Å². The van der Waals surface area contributed by atoms with Crippen molar-refractivity contribution in [3.8, 4) is 0 Å². The molecule has 1 saturated heterocycles. The maximum absolute atomic E-state index is 5.82. The molecule has 1 aromatic rings. The molecule has 0 saturated carbocycles. The molecular formula is C12H20N4O. The molecular weight excluding hydrogens is 216 g/mol. The van der Waals surface area contributed by atoms with Crippen LogP contribution in [-0.2, 0) is 4.74 Å². The summed E-state index contributed by atoms with van der Waals surface area (Å²) in [5.41, 5.74) is 5.82. The van der Waals surface area contributed by atoms with Gasteiger partial charge in [-0.1, -0.05) is 13.8 Å². The van der Waals surface area contributed by atoms with E-state index in [4.69, 9.17) is 10.5 Å². The van der Waals surface area contributed by atoms with Crippen LogP contribution in [0.25, 0.3) is 0 Å². The molecule has 2 rings (SSSR count). The minimum atomic E-state index is 0.283. The van der Waals surface area contributed by atoms with E-state index in [2.05, 4.69) is 28.7 Å². The molecule has 0 aromatic carbocycles. The molecule has 2 heterocycles. The molecule has 17 heavy (non-hydrogen) atoms. The molecule has 1 fully saturated rings. The number of hydrogen-bond acceptors (Lipinski definition) is 5. The van der Waals surface area contributed by atoms with E-state index in [1.807, 2.05) is 13.1 Å². The lowest BCUT2D eigenvalue weighted by Gasteiger charge is -2.25. The van der Waals surface area contributed by atoms with Gasteiger partial charge in [-0.25, -0.2) is 9.97 Å². The summed E-state index contributed by atoms with van der Waals surface area (Å²) in [5, 5.41) is 0. The van der Waals surface area contributed by atoms with E-state index in [0.29, 0.717) is 11.9 Å². The van der Waals surface area contributed by atoms with Crippen LogP contribution in [0.15, 0.2) is 6.07 Å². The van der Waals surface area contributed by atoms with Crippen molar-refractivity contribution in [2.24, 2.45) is 0 Å². The van der Waals surface area contributed by atoms with E-state index in [1.165, 1.54) is 0 Å². The Morgan fingerprint density at radius 3 is 2.82 bits per heavy atom. The number of nitrogens with zero attached hydrogens (tertiary/aromatic N) is 3. The van der Waals surface area contributed by atoms with Gasteiger partial charge in [0.25, 0.3) is 0 Å². The summed E-state index contributed by atoms with van der Waals surface area (Å²) in [4.78, 5) is 10.9. The van der Waals surface area contributed by atoms with Gasteiger partial charge in [-0.2, -0.15) is 0 Å². The third kappa shape index (κ3) is 2.66. The van der Waals surface area contributed by atoms with Gasteiger partial charge < -0.3 is 15.4 Å². The maximum atomic E-state index is 5.82. The van der Waals surface area contributed by atoms with E-state index < -0.39 is 0 Å². The Bertz CT molecular complexity index is 388. The van der Waals surface area contributed by atoms with E-state index in [0.717, 1.165) is 31.3 Å². The number of aromatic nitrogens is 2. The Balaban J connectivity index is 2.24. The molecule has 5 nitrogen and oxygen atoms in total. The topological polar surface area (TPSA) is 64.3 Å². The fraction of sp³-hybridized carbons (Fsp3) is 0.667. The van der Waals surface area contributed by atoms with Crippen molar-refractivity contribution in [1.29, 1.82) is 0 Å². The van der Waals surface area contributed by atoms with Gasteiger partial charge in [0.15, 0.2) is 0 Å². The number of rotatable bonds is 3. The third-order valence-corrected chi connectivity index (χ3v) is 3.08. The number of likely N-dealkylation sites (N-methyl/N-ethyl adjacent to an activating group) is 1. The minimum Gasteiger partial charge on any atom is -0.384 e. The molecule has 1 aliphatic heterocycles. The van der Waals surface area contributed by atoms with Crippen molar-refractivity contribution < 1.29 is 4.74 Å². The van der Waals surface area contributed by atoms with Crippen LogP contribution in [0.2, 0.25) is 0 Å². The largest absolute Gasteiger partial charge is 0.384 e. The Morgan fingerprint density at radius 1 is 1.47 bits per heavy atom. The number of hydrogen-bond donors (Lipinski definition) is 1. The molecule has 0 spiro atoms. The first-order chi connectivity index (χ1) is 8.08. The van der Waals surface area contributed by atoms with E-state index in [1.54, 1.807) is 0 Å². The smallest absolute Gasteiger partial charge is 0.135 e. The molecule has 1 aliphatic rings. The van der Waals surface area contributed by atoms with Crippen LogP contribution in [-0.4, -0.2) is 36.3 Å². The molecule has 0 amide bonds. The highest BCUT2D eigenvalue weighted by molar-refractivity contribution is 5.47. The first-order valence-electron chi connectivity index (χ1n) is 6.03. The summed E-state index contributed by atoms with van der Waals surface area (Å²) < 4.78 is 5.39. The highest BCUT2D eigenvalue weighted by atomic mass is 16.5. The lowest BCUT2D eigenvalue weighted by molar-refractivity contribution is 0.193. The van der Waals surface area contributed by atoms with Crippen LogP contribution < -0.4 is 10.6 Å². The van der Waals surface area contributed by atoms with Gasteiger partial charge in [-0.3, -0.25) is 0 Å². The second-order valence-corrected chi connectivity index (χ2v) is 4.79. The summed E-state index contributed by atoms with van der Waals surface area (Å²) in [6.45, 7) is 5.72. The van der Waals surface area contributed by atoms with Gasteiger partial charge in [-0.05, 0) is 6.42 Å². The normalized spacial score (nSPS) is 19.9. The molecule has 1 aromatic heterocycles. The zero-order chi connectivity index (χ0) is 12.4. The maximum Gasteiger partial charge on any atom is 0.135 e. The fourth-order valence-electron chi connectivity index (χ4n) is 1.92. The Hall–Kier alpha value is -1.36. The fourth-order valence-corrected chi connectivity index (χ4v) is 1.92. The summed E-state index contributed by atoms with van der Waals surface area (Å²) in [5.74, 6) is 2.50. The molecule has 94 valence electrons. The SMILES string of the molecule is CC(C)c1nc(N)cc(N(C)C2CCOC2)n1. The van der Waals surface area contributed by atoms with Crippen LogP contribution in [0.5, 0.6) is 0 Å². The summed E-state index contributed by atoms with van der Waals surface area (Å²) in [7, 11) is 2.03. The first kappa shape index (κ1) is 12.1. The van der Waals surface area contributed by atoms with E-state index >= 15 is 0 Å². The highest BCUT2D eigenvalue weighted by Crippen LogP contribution is 2.21. The zero-order valence-electron chi connectivity index (χ0n) is 10.7. The second kappa shape index (κ2) is 4.87. The molecule has 0 radical (unpaired) electrons. The van der Waals surface area contributed by atoms with Crippen molar-refractivity contribution in [2.45, 2.75) is 32.2 Å². The Morgan fingerprint density at radius 2 is 2.24 bits per heavy atom. The third-order valence-electron chi connectivity index (χ3n) is 3.08. The minimum absolute atomic E-state index is 0.283. The molecule has 5 heteroatoms. The molecule has 0 bridgehead atoms. The monoisotopic (exact) mass is 236 g/mol. The van der Waals surface area contributed by atoms with Crippen molar-refractivity contribution in [1.82, 2.24) is 9.97 Å². The van der Waals surface area contributed by atoms with Crippen molar-refractivity contribution >= 4 is 11.6 Å². The number of nitrogen functional groups attached to an aromatic ring is 1. The van der Waals surface area contributed by atoms with Crippen LogP contribution in [0.4, 0.5) is 11.6 Å². The predicted octanol–water partition coefficient (Wildman–Crippen LogP) is 1.41. The molecule has 1 atom stereocenters. The summed E-state index contributed by atoms with van der Waals surface area (Å²) in [6.07, 6.45) is 1.04. The summed E-state index contributed by atoms with van der Waals surface area (Å²) >= 11 is 0. The van der Waals surface area contributed by atoms with Crippen molar-refractivity contribution in [3.63, 3.8) is 0 Å². The average Bonchev–Trinajstić information content (AvgIpc) is 2.80. The number of nitrogens with two attached hydrogens (primary N) is 1. The van der Waals surface area contributed by atoms with Gasteiger partial charge in [0, 0.05) is 25.6 Å². The van der Waals surface area contributed by atoms with Gasteiger partial charge in [0.2, 0.25) is 0 Å². The molecule has 2 N–H and O–H groups in total. The Labute approximate surface area is 102 Å². The zero-order valence-corrected chi connectivity index (χ0v) is 10.7. The van der Waals surface area contributed by atoms with Gasteiger partial charge in [0.1, 0.15) is 17.5 Å². The predicted molar refractivity (Wildman–Crippen MR) is 68.2 cm³/mol. The first-order valence-corrected chi connectivity index (χ1v) is 6.03. The van der Waals surface area contributed by atoms with Gasteiger partial charge >= 0.3 is 0 Å². The second-order valence-electron chi connectivity index (χ2n) is 4.79. The van der Waals surface area contributed by atoms with E-state index in [9.17, 15) is 0 Å². The number of anilines is 2. The van der Waals surface area contributed by atoms with Crippen molar-refractivity contribution in [2.75, 3.05) is 30.9 Å². The average molecular weight is 236 g/mol. The lowest BCUT2D eigenvalue weighted by atomic mass is 10.2. The lowest BCUT2D eigenvalue weighted by Crippen LogP contribution is -2.32. The van der Waals surface area contributed by atoms with Crippen LogP contribution in [0.3, 0.4) is 0 Å². The highest BCUT2D eigenvalue weighted by Gasteiger charge is 2.22. The van der Waals surface area contributed by atoms with Crippen LogP contribution in [0.1, 0.15) is 32.0 Å². The Kier molecular flexibility index (Phi) is 3.47. The van der Waals surface area contributed by atoms with Gasteiger partial charge in [0.05, 0.1) is 12.6 Å². The number of ether oxygens (including phenoxy) is 1. The van der Waals surface area contributed by atoms with Crippen LogP contribution in [0, 0.1) is 0 Å².